The fourth-order valence-corrected chi connectivity index (χ4v) is 2.74. The molecule has 0 fully saturated rings. The van der Waals surface area contributed by atoms with E-state index in [1.54, 1.807) is 0 Å². The van der Waals surface area contributed by atoms with Gasteiger partial charge in [-0.1, -0.05) is 12.1 Å². The predicted molar refractivity (Wildman–Crippen MR) is 82.3 cm³/mol. The van der Waals surface area contributed by atoms with Gasteiger partial charge in [-0.05, 0) is 38.0 Å². The first-order valence-corrected chi connectivity index (χ1v) is 7.16. The standard InChI is InChI=1S/C15H18N2O2S/c1-9-5-6-12(7-10(9)2)14-11(3)20-15(17-14)16-13(18)8-19-4/h5-7H,8H2,1-4H3,(H,16,17,18). The Labute approximate surface area is 122 Å². The van der Waals surface area contributed by atoms with E-state index in [1.807, 2.05) is 6.92 Å². The number of aromatic nitrogens is 1. The van der Waals surface area contributed by atoms with E-state index in [4.69, 9.17) is 4.74 Å². The Morgan fingerprint density at radius 1 is 1.30 bits per heavy atom. The van der Waals surface area contributed by atoms with Crippen LogP contribution in [0.2, 0.25) is 0 Å². The van der Waals surface area contributed by atoms with E-state index in [1.165, 1.54) is 29.6 Å². The van der Waals surface area contributed by atoms with Gasteiger partial charge in [-0.15, -0.1) is 11.3 Å². The second-order valence-electron chi connectivity index (χ2n) is 4.70. The number of hydrogen-bond donors (Lipinski definition) is 1. The van der Waals surface area contributed by atoms with Gasteiger partial charge < -0.3 is 4.74 Å². The number of nitrogens with one attached hydrogen (secondary N) is 1. The molecule has 1 N–H and O–H groups in total. The Morgan fingerprint density at radius 2 is 2.05 bits per heavy atom. The Kier molecular flexibility index (Phi) is 4.52. The fraction of sp³-hybridized carbons (Fsp3) is 0.333. The number of aryl methyl sites for hydroxylation is 3. The van der Waals surface area contributed by atoms with Gasteiger partial charge in [-0.2, -0.15) is 0 Å². The highest BCUT2D eigenvalue weighted by molar-refractivity contribution is 7.16. The van der Waals surface area contributed by atoms with Crippen molar-refractivity contribution in [1.29, 1.82) is 0 Å². The van der Waals surface area contributed by atoms with Gasteiger partial charge in [0.05, 0.1) is 5.69 Å². The minimum atomic E-state index is -0.187. The van der Waals surface area contributed by atoms with Gasteiger partial charge in [0.25, 0.3) is 5.91 Å². The highest BCUT2D eigenvalue weighted by atomic mass is 32.1. The number of anilines is 1. The number of hydrogen-bond acceptors (Lipinski definition) is 4. The normalized spacial score (nSPS) is 10.6. The molecule has 0 aliphatic heterocycles. The van der Waals surface area contributed by atoms with E-state index >= 15 is 0 Å². The number of benzene rings is 1. The molecule has 1 heterocycles. The summed E-state index contributed by atoms with van der Waals surface area (Å²) in [6.07, 6.45) is 0. The SMILES string of the molecule is COCC(=O)Nc1nc(-c2ccc(C)c(C)c2)c(C)s1. The number of carbonyl (C=O) groups excluding carboxylic acids is 1. The minimum Gasteiger partial charge on any atom is -0.375 e. The number of rotatable bonds is 4. The summed E-state index contributed by atoms with van der Waals surface area (Å²) in [5.41, 5.74) is 4.50. The molecule has 0 aliphatic rings. The molecule has 106 valence electrons. The lowest BCUT2D eigenvalue weighted by Crippen LogP contribution is -2.16. The summed E-state index contributed by atoms with van der Waals surface area (Å²) >= 11 is 1.47. The van der Waals surface area contributed by atoms with Crippen LogP contribution in [0.4, 0.5) is 5.13 Å². The Morgan fingerprint density at radius 3 is 2.70 bits per heavy atom. The summed E-state index contributed by atoms with van der Waals surface area (Å²) < 4.78 is 4.79. The topological polar surface area (TPSA) is 51.2 Å². The van der Waals surface area contributed by atoms with Crippen LogP contribution in [0.1, 0.15) is 16.0 Å². The highest BCUT2D eigenvalue weighted by Crippen LogP contribution is 2.31. The van der Waals surface area contributed by atoms with E-state index in [9.17, 15) is 4.79 Å². The monoisotopic (exact) mass is 290 g/mol. The van der Waals surface area contributed by atoms with Gasteiger partial charge in [0.15, 0.2) is 5.13 Å². The van der Waals surface area contributed by atoms with Gasteiger partial charge in [0.1, 0.15) is 6.61 Å². The van der Waals surface area contributed by atoms with Crippen molar-refractivity contribution in [2.45, 2.75) is 20.8 Å². The Hall–Kier alpha value is -1.72. The molecule has 2 rings (SSSR count). The molecule has 0 aliphatic carbocycles. The summed E-state index contributed by atoms with van der Waals surface area (Å²) in [5, 5.41) is 3.35. The van der Waals surface area contributed by atoms with E-state index in [2.05, 4.69) is 42.3 Å². The summed E-state index contributed by atoms with van der Waals surface area (Å²) in [5.74, 6) is -0.187. The molecule has 0 radical (unpaired) electrons. The van der Waals surface area contributed by atoms with Crippen molar-refractivity contribution in [2.24, 2.45) is 0 Å². The molecule has 0 saturated heterocycles. The molecule has 1 amide bonds. The molecule has 0 saturated carbocycles. The number of nitrogens with zero attached hydrogens (tertiary/aromatic N) is 1. The van der Waals surface area contributed by atoms with Gasteiger partial charge >= 0.3 is 0 Å². The molecule has 1 aromatic carbocycles. The summed E-state index contributed by atoms with van der Waals surface area (Å²) in [6.45, 7) is 6.22. The average molecular weight is 290 g/mol. The lowest BCUT2D eigenvalue weighted by atomic mass is 10.0. The smallest absolute Gasteiger partial charge is 0.252 e. The molecule has 0 spiro atoms. The zero-order valence-corrected chi connectivity index (χ0v) is 12.9. The summed E-state index contributed by atoms with van der Waals surface area (Å²) in [7, 11) is 1.49. The van der Waals surface area contributed by atoms with E-state index in [-0.39, 0.29) is 12.5 Å². The van der Waals surface area contributed by atoms with Crippen molar-refractivity contribution in [3.05, 3.63) is 34.2 Å². The van der Waals surface area contributed by atoms with E-state index < -0.39 is 0 Å². The van der Waals surface area contributed by atoms with Crippen LogP contribution in [0.3, 0.4) is 0 Å². The minimum absolute atomic E-state index is 0.0393. The molecular weight excluding hydrogens is 272 g/mol. The fourth-order valence-electron chi connectivity index (χ4n) is 1.89. The van der Waals surface area contributed by atoms with Gasteiger partial charge in [0.2, 0.25) is 0 Å². The molecule has 0 atom stereocenters. The lowest BCUT2D eigenvalue weighted by molar-refractivity contribution is -0.119. The second-order valence-corrected chi connectivity index (χ2v) is 5.91. The molecule has 5 heteroatoms. The van der Waals surface area contributed by atoms with Crippen molar-refractivity contribution in [2.75, 3.05) is 19.0 Å². The first kappa shape index (κ1) is 14.7. The highest BCUT2D eigenvalue weighted by Gasteiger charge is 2.12. The van der Waals surface area contributed by atoms with Crippen molar-refractivity contribution < 1.29 is 9.53 Å². The van der Waals surface area contributed by atoms with Crippen LogP contribution in [0.15, 0.2) is 18.2 Å². The third-order valence-electron chi connectivity index (χ3n) is 3.10. The largest absolute Gasteiger partial charge is 0.375 e. The van der Waals surface area contributed by atoms with Crippen LogP contribution in [0.25, 0.3) is 11.3 Å². The Bertz CT molecular complexity index is 635. The maximum Gasteiger partial charge on any atom is 0.252 e. The first-order chi connectivity index (χ1) is 9.51. The van der Waals surface area contributed by atoms with Crippen molar-refractivity contribution in [3.8, 4) is 11.3 Å². The molecule has 20 heavy (non-hydrogen) atoms. The molecule has 1 aromatic heterocycles. The number of carbonyl (C=O) groups is 1. The zero-order chi connectivity index (χ0) is 14.7. The van der Waals surface area contributed by atoms with Crippen LogP contribution in [0.5, 0.6) is 0 Å². The molecule has 2 aromatic rings. The van der Waals surface area contributed by atoms with Gasteiger partial charge in [0, 0.05) is 17.6 Å². The van der Waals surface area contributed by atoms with Crippen molar-refractivity contribution >= 4 is 22.4 Å². The molecule has 4 nitrogen and oxygen atoms in total. The average Bonchev–Trinajstić information content (AvgIpc) is 2.74. The number of amides is 1. The third kappa shape index (κ3) is 3.23. The number of methoxy groups -OCH3 is 1. The van der Waals surface area contributed by atoms with Gasteiger partial charge in [-0.3, -0.25) is 10.1 Å². The van der Waals surface area contributed by atoms with Gasteiger partial charge in [-0.25, -0.2) is 4.98 Å². The predicted octanol–water partition coefficient (Wildman–Crippen LogP) is 3.32. The lowest BCUT2D eigenvalue weighted by Gasteiger charge is -2.03. The van der Waals surface area contributed by atoms with Crippen molar-refractivity contribution in [3.63, 3.8) is 0 Å². The van der Waals surface area contributed by atoms with Crippen molar-refractivity contribution in [1.82, 2.24) is 4.98 Å². The quantitative estimate of drug-likeness (QED) is 0.939. The van der Waals surface area contributed by atoms with Crippen LogP contribution in [0, 0.1) is 20.8 Å². The van der Waals surface area contributed by atoms with Crippen LogP contribution < -0.4 is 5.32 Å². The molecular formula is C15H18N2O2S. The molecule has 0 bridgehead atoms. The van der Waals surface area contributed by atoms with E-state index in [0.29, 0.717) is 5.13 Å². The maximum absolute atomic E-state index is 11.5. The molecule has 0 unspecified atom stereocenters. The Balaban J connectivity index is 2.27. The van der Waals surface area contributed by atoms with Crippen LogP contribution in [-0.4, -0.2) is 24.6 Å². The zero-order valence-electron chi connectivity index (χ0n) is 12.1. The van der Waals surface area contributed by atoms with E-state index in [0.717, 1.165) is 16.1 Å². The first-order valence-electron chi connectivity index (χ1n) is 6.35. The maximum atomic E-state index is 11.5. The summed E-state index contributed by atoms with van der Waals surface area (Å²) in [4.78, 5) is 17.1. The number of ether oxygens (including phenoxy) is 1. The number of thiazole rings is 1. The van der Waals surface area contributed by atoms with Crippen LogP contribution >= 0.6 is 11.3 Å². The summed E-state index contributed by atoms with van der Waals surface area (Å²) in [6, 6.07) is 6.27. The van der Waals surface area contributed by atoms with Crippen LogP contribution in [-0.2, 0) is 9.53 Å². The third-order valence-corrected chi connectivity index (χ3v) is 3.98. The second kappa shape index (κ2) is 6.15.